The van der Waals surface area contributed by atoms with E-state index in [0.717, 1.165) is 25.5 Å². The van der Waals surface area contributed by atoms with Gasteiger partial charge in [-0.05, 0) is 12.8 Å². The van der Waals surface area contributed by atoms with E-state index in [-0.39, 0.29) is 0 Å². The highest BCUT2D eigenvalue weighted by Gasteiger charge is 2.36. The standard InChI is InChI=1S/C16H34O4Si/c1-5-20-15-13-11-9-7-6-8-10-12-14-16-21(17-2,18-3)19-4/h5H,1,6-16H2,2-4H3. The molecule has 0 aliphatic rings. The van der Waals surface area contributed by atoms with Crippen molar-refractivity contribution in [3.63, 3.8) is 0 Å². The van der Waals surface area contributed by atoms with Crippen LogP contribution in [0.3, 0.4) is 0 Å². The average Bonchev–Trinajstić information content (AvgIpc) is 2.53. The van der Waals surface area contributed by atoms with E-state index >= 15 is 0 Å². The van der Waals surface area contributed by atoms with Gasteiger partial charge in [0.25, 0.3) is 0 Å². The highest BCUT2D eigenvalue weighted by atomic mass is 28.4. The summed E-state index contributed by atoms with van der Waals surface area (Å²) in [6.45, 7) is 4.34. The molecule has 0 aromatic heterocycles. The molecule has 4 nitrogen and oxygen atoms in total. The molecule has 0 heterocycles. The van der Waals surface area contributed by atoms with E-state index in [1.54, 1.807) is 21.3 Å². The van der Waals surface area contributed by atoms with Crippen molar-refractivity contribution in [2.24, 2.45) is 0 Å². The van der Waals surface area contributed by atoms with Gasteiger partial charge in [-0.3, -0.25) is 0 Å². The van der Waals surface area contributed by atoms with E-state index in [0.29, 0.717) is 0 Å². The van der Waals surface area contributed by atoms with Crippen LogP contribution in [0, 0.1) is 0 Å². The first-order valence-electron chi connectivity index (χ1n) is 8.12. The van der Waals surface area contributed by atoms with Gasteiger partial charge in [-0.15, -0.1) is 0 Å². The van der Waals surface area contributed by atoms with E-state index in [9.17, 15) is 0 Å². The predicted molar refractivity (Wildman–Crippen MR) is 89.3 cm³/mol. The fraction of sp³-hybridized carbons (Fsp3) is 0.875. The number of hydrogen-bond acceptors (Lipinski definition) is 4. The van der Waals surface area contributed by atoms with Crippen LogP contribution in [-0.4, -0.2) is 36.7 Å². The molecule has 0 aliphatic carbocycles. The summed E-state index contributed by atoms with van der Waals surface area (Å²) in [5.41, 5.74) is 0. The van der Waals surface area contributed by atoms with Crippen molar-refractivity contribution in [3.8, 4) is 0 Å². The third kappa shape index (κ3) is 10.9. The number of rotatable bonds is 16. The van der Waals surface area contributed by atoms with Crippen LogP contribution >= 0.6 is 0 Å². The Hall–Kier alpha value is -0.363. The van der Waals surface area contributed by atoms with Crippen LogP contribution in [0.25, 0.3) is 0 Å². The van der Waals surface area contributed by atoms with Gasteiger partial charge >= 0.3 is 8.80 Å². The Balaban J connectivity index is 3.31. The molecule has 0 fully saturated rings. The molecule has 0 unspecified atom stereocenters. The molecule has 0 aliphatic heterocycles. The molecule has 0 spiro atoms. The van der Waals surface area contributed by atoms with E-state index < -0.39 is 8.80 Å². The lowest BCUT2D eigenvalue weighted by Gasteiger charge is -2.24. The molecule has 0 bridgehead atoms. The molecule has 21 heavy (non-hydrogen) atoms. The summed E-state index contributed by atoms with van der Waals surface area (Å²) in [7, 11) is 2.71. The monoisotopic (exact) mass is 318 g/mol. The van der Waals surface area contributed by atoms with Crippen molar-refractivity contribution in [2.75, 3.05) is 27.9 Å². The molecule has 0 saturated carbocycles. The molecule has 0 aromatic carbocycles. The first-order chi connectivity index (χ1) is 10.2. The molecule has 0 aromatic rings. The Labute approximate surface area is 132 Å². The Kier molecular flexibility index (Phi) is 14.3. The summed E-state index contributed by atoms with van der Waals surface area (Å²) in [5, 5.41) is 0. The topological polar surface area (TPSA) is 36.9 Å². The third-order valence-corrected chi connectivity index (χ3v) is 6.63. The second-order valence-electron chi connectivity index (χ2n) is 5.26. The Morgan fingerprint density at radius 1 is 0.714 bits per heavy atom. The molecular formula is C16H34O4Si. The van der Waals surface area contributed by atoms with Gasteiger partial charge in [0.2, 0.25) is 0 Å². The normalized spacial score (nSPS) is 11.6. The Morgan fingerprint density at radius 3 is 1.57 bits per heavy atom. The van der Waals surface area contributed by atoms with Crippen LogP contribution in [0.4, 0.5) is 0 Å². The maximum atomic E-state index is 5.41. The van der Waals surface area contributed by atoms with Crippen molar-refractivity contribution < 1.29 is 18.0 Å². The minimum atomic E-state index is -2.33. The van der Waals surface area contributed by atoms with Crippen molar-refractivity contribution in [3.05, 3.63) is 12.8 Å². The first kappa shape index (κ1) is 20.6. The molecule has 5 heteroatoms. The second kappa shape index (κ2) is 14.6. The lowest BCUT2D eigenvalue weighted by molar-refractivity contribution is 0.122. The highest BCUT2D eigenvalue weighted by Crippen LogP contribution is 2.18. The summed E-state index contributed by atoms with van der Waals surface area (Å²) in [6.07, 6.45) is 12.9. The van der Waals surface area contributed by atoms with E-state index in [2.05, 4.69) is 6.58 Å². The van der Waals surface area contributed by atoms with Crippen LogP contribution in [0.5, 0.6) is 0 Å². The van der Waals surface area contributed by atoms with Gasteiger partial charge in [0.1, 0.15) is 0 Å². The summed E-state index contributed by atoms with van der Waals surface area (Å²) >= 11 is 0. The van der Waals surface area contributed by atoms with Gasteiger partial charge in [-0.2, -0.15) is 0 Å². The summed E-state index contributed by atoms with van der Waals surface area (Å²) in [4.78, 5) is 0. The summed E-state index contributed by atoms with van der Waals surface area (Å²) in [6, 6.07) is 0.916. The smallest absolute Gasteiger partial charge is 0.500 e. The average molecular weight is 319 g/mol. The molecule has 0 saturated heterocycles. The quantitative estimate of drug-likeness (QED) is 0.238. The predicted octanol–water partition coefficient (Wildman–Crippen LogP) is 4.54. The third-order valence-electron chi connectivity index (χ3n) is 3.80. The fourth-order valence-corrected chi connectivity index (χ4v) is 4.20. The van der Waals surface area contributed by atoms with E-state index in [1.165, 1.54) is 51.2 Å². The number of hydrogen-bond donors (Lipinski definition) is 0. The van der Waals surface area contributed by atoms with Gasteiger partial charge in [-0.25, -0.2) is 0 Å². The Morgan fingerprint density at radius 2 is 1.14 bits per heavy atom. The lowest BCUT2D eigenvalue weighted by Crippen LogP contribution is -2.42. The summed E-state index contributed by atoms with van der Waals surface area (Å²) < 4.78 is 21.3. The zero-order valence-electron chi connectivity index (χ0n) is 14.2. The molecule has 0 rings (SSSR count). The SMILES string of the molecule is C=COCCCCCCCCCCC[Si](OC)(OC)OC. The van der Waals surface area contributed by atoms with E-state index in [4.69, 9.17) is 18.0 Å². The fourth-order valence-electron chi connectivity index (χ4n) is 2.40. The minimum Gasteiger partial charge on any atom is -0.502 e. The Bertz CT molecular complexity index is 224. The van der Waals surface area contributed by atoms with Crippen LogP contribution in [0.15, 0.2) is 12.8 Å². The maximum absolute atomic E-state index is 5.41. The highest BCUT2D eigenvalue weighted by molar-refractivity contribution is 6.60. The van der Waals surface area contributed by atoms with Crippen LogP contribution in [-0.2, 0) is 18.0 Å². The van der Waals surface area contributed by atoms with Crippen molar-refractivity contribution in [1.29, 1.82) is 0 Å². The van der Waals surface area contributed by atoms with E-state index in [1.807, 2.05) is 0 Å². The summed E-state index contributed by atoms with van der Waals surface area (Å²) in [5.74, 6) is 0. The second-order valence-corrected chi connectivity index (χ2v) is 8.36. The minimum absolute atomic E-state index is 0.813. The van der Waals surface area contributed by atoms with Gasteiger partial charge in [0.05, 0.1) is 12.9 Å². The van der Waals surface area contributed by atoms with Crippen LogP contribution in [0.1, 0.15) is 57.8 Å². The molecule has 0 radical (unpaired) electrons. The van der Waals surface area contributed by atoms with Gasteiger partial charge in [0, 0.05) is 27.4 Å². The first-order valence-corrected chi connectivity index (χ1v) is 10.1. The molecular weight excluding hydrogens is 284 g/mol. The van der Waals surface area contributed by atoms with Gasteiger partial charge < -0.3 is 18.0 Å². The van der Waals surface area contributed by atoms with Crippen molar-refractivity contribution in [2.45, 2.75) is 63.8 Å². The molecule has 0 amide bonds. The number of unbranched alkanes of at least 4 members (excludes halogenated alkanes) is 8. The zero-order chi connectivity index (χ0) is 15.8. The van der Waals surface area contributed by atoms with Crippen molar-refractivity contribution >= 4 is 8.80 Å². The number of ether oxygens (including phenoxy) is 1. The van der Waals surface area contributed by atoms with Gasteiger partial charge in [0.15, 0.2) is 0 Å². The largest absolute Gasteiger partial charge is 0.502 e. The zero-order valence-corrected chi connectivity index (χ0v) is 15.2. The molecule has 0 atom stereocenters. The molecule has 126 valence electrons. The van der Waals surface area contributed by atoms with Crippen LogP contribution < -0.4 is 0 Å². The van der Waals surface area contributed by atoms with Crippen molar-refractivity contribution in [1.82, 2.24) is 0 Å². The molecule has 0 N–H and O–H groups in total. The van der Waals surface area contributed by atoms with Gasteiger partial charge in [-0.1, -0.05) is 51.5 Å². The van der Waals surface area contributed by atoms with Crippen LogP contribution in [0.2, 0.25) is 6.04 Å². The lowest BCUT2D eigenvalue weighted by atomic mass is 10.1. The maximum Gasteiger partial charge on any atom is 0.500 e.